The first-order chi connectivity index (χ1) is 15.5. The molecule has 0 aliphatic carbocycles. The Kier molecular flexibility index (Phi) is 6.50. The number of aryl methyl sites for hydroxylation is 1. The Bertz CT molecular complexity index is 1350. The van der Waals surface area contributed by atoms with E-state index >= 15 is 0 Å². The van der Waals surface area contributed by atoms with Crippen molar-refractivity contribution in [1.82, 2.24) is 19.2 Å². The van der Waals surface area contributed by atoms with E-state index in [2.05, 4.69) is 22.4 Å². The first kappa shape index (κ1) is 21.9. The summed E-state index contributed by atoms with van der Waals surface area (Å²) < 4.78 is 30.5. The molecular weight excluding hydrogens is 436 g/mol. The number of halogens is 2. The van der Waals surface area contributed by atoms with Crippen LogP contribution in [0.15, 0.2) is 52.4 Å². The Morgan fingerprint density at radius 3 is 2.75 bits per heavy atom. The quantitative estimate of drug-likeness (QED) is 0.316. The number of thioether (sulfide) groups is 1. The first-order valence-corrected chi connectivity index (χ1v) is 11.2. The number of hydrogen-bond donors (Lipinski definition) is 1. The maximum Gasteiger partial charge on any atom is 0.262 e. The zero-order valence-corrected chi connectivity index (χ0v) is 18.2. The molecule has 0 aliphatic rings. The molecule has 0 atom stereocenters. The molecule has 1 N–H and O–H groups in total. The van der Waals surface area contributed by atoms with Crippen molar-refractivity contribution in [3.05, 3.63) is 64.5 Å². The molecule has 4 aromatic rings. The fraction of sp³-hybridized carbons (Fsp3) is 0.273. The minimum Gasteiger partial charge on any atom is -0.323 e. The molecule has 2 aromatic carbocycles. The summed E-state index contributed by atoms with van der Waals surface area (Å²) in [5.74, 6) is -1.58. The summed E-state index contributed by atoms with van der Waals surface area (Å²) in [6.45, 7) is 2.61. The number of hydrogen-bond acceptors (Lipinski definition) is 5. The number of carbonyl (C=O) groups excluding carboxylic acids is 1. The van der Waals surface area contributed by atoms with Crippen LogP contribution in [0, 0.1) is 11.6 Å². The first-order valence-electron chi connectivity index (χ1n) is 10.2. The molecule has 4 rings (SSSR count). The van der Waals surface area contributed by atoms with Gasteiger partial charge in [0.2, 0.25) is 11.7 Å². The third-order valence-electron chi connectivity index (χ3n) is 5.00. The van der Waals surface area contributed by atoms with E-state index in [9.17, 15) is 18.4 Å². The normalized spacial score (nSPS) is 11.3. The molecule has 10 heteroatoms. The Morgan fingerprint density at radius 1 is 1.12 bits per heavy atom. The number of fused-ring (bicyclic) bond motifs is 3. The second kappa shape index (κ2) is 9.47. The number of para-hydroxylation sites is 1. The van der Waals surface area contributed by atoms with Crippen LogP contribution in [-0.2, 0) is 11.3 Å². The molecule has 7 nitrogen and oxygen atoms in total. The van der Waals surface area contributed by atoms with Gasteiger partial charge in [0.05, 0.1) is 22.3 Å². The molecular formula is C22H21F2N5O2S. The predicted molar refractivity (Wildman–Crippen MR) is 120 cm³/mol. The van der Waals surface area contributed by atoms with Crippen molar-refractivity contribution < 1.29 is 13.6 Å². The number of aromatic nitrogens is 4. The maximum absolute atomic E-state index is 13.8. The summed E-state index contributed by atoms with van der Waals surface area (Å²) in [4.78, 5) is 25.4. The molecule has 0 aliphatic heterocycles. The number of nitrogens with zero attached hydrogens (tertiary/aromatic N) is 4. The van der Waals surface area contributed by atoms with Crippen LogP contribution < -0.4 is 10.9 Å². The molecule has 0 fully saturated rings. The Morgan fingerprint density at radius 2 is 1.94 bits per heavy atom. The summed E-state index contributed by atoms with van der Waals surface area (Å²) in [6, 6.07) is 10.0. The van der Waals surface area contributed by atoms with Gasteiger partial charge in [0.25, 0.3) is 5.56 Å². The van der Waals surface area contributed by atoms with Crippen molar-refractivity contribution in [2.45, 2.75) is 37.9 Å². The Hall–Kier alpha value is -3.27. The van der Waals surface area contributed by atoms with Crippen LogP contribution in [0.2, 0.25) is 0 Å². The van der Waals surface area contributed by atoms with Gasteiger partial charge in [-0.15, -0.1) is 10.2 Å². The van der Waals surface area contributed by atoms with E-state index in [0.29, 0.717) is 28.4 Å². The monoisotopic (exact) mass is 457 g/mol. The summed E-state index contributed by atoms with van der Waals surface area (Å²) in [5.41, 5.74) is 0.285. The van der Waals surface area contributed by atoms with Crippen LogP contribution in [0.25, 0.3) is 16.7 Å². The second-order valence-electron chi connectivity index (χ2n) is 7.26. The van der Waals surface area contributed by atoms with Crippen molar-refractivity contribution in [1.29, 1.82) is 0 Å². The highest BCUT2D eigenvalue weighted by atomic mass is 32.2. The van der Waals surface area contributed by atoms with Crippen LogP contribution >= 0.6 is 11.8 Å². The number of unbranched alkanes of at least 4 members (excludes halogenated alkanes) is 2. The number of anilines is 1. The van der Waals surface area contributed by atoms with Crippen molar-refractivity contribution in [3.63, 3.8) is 0 Å². The molecule has 0 bridgehead atoms. The van der Waals surface area contributed by atoms with Gasteiger partial charge in [0.15, 0.2) is 5.16 Å². The van der Waals surface area contributed by atoms with Crippen LogP contribution in [0.1, 0.15) is 26.2 Å². The van der Waals surface area contributed by atoms with Crippen LogP contribution in [0.4, 0.5) is 14.5 Å². The lowest BCUT2D eigenvalue weighted by molar-refractivity contribution is -0.113. The Labute approximate surface area is 186 Å². The molecule has 2 aromatic heterocycles. The van der Waals surface area contributed by atoms with Gasteiger partial charge < -0.3 is 5.32 Å². The molecule has 0 spiro atoms. The average molecular weight is 458 g/mol. The topological polar surface area (TPSA) is 81.3 Å². The van der Waals surface area contributed by atoms with Gasteiger partial charge in [0, 0.05) is 12.6 Å². The van der Waals surface area contributed by atoms with E-state index in [1.54, 1.807) is 27.2 Å². The fourth-order valence-corrected chi connectivity index (χ4v) is 4.20. The third kappa shape index (κ3) is 4.36. The molecule has 2 heterocycles. The fourth-order valence-electron chi connectivity index (χ4n) is 3.46. The molecule has 0 unspecified atom stereocenters. The second-order valence-corrected chi connectivity index (χ2v) is 8.20. The van der Waals surface area contributed by atoms with E-state index in [-0.39, 0.29) is 17.0 Å². The van der Waals surface area contributed by atoms with E-state index < -0.39 is 17.5 Å². The molecule has 0 radical (unpaired) electrons. The number of carbonyl (C=O) groups is 1. The van der Waals surface area contributed by atoms with E-state index in [4.69, 9.17) is 0 Å². The minimum absolute atomic E-state index is 0.0972. The molecule has 32 heavy (non-hydrogen) atoms. The van der Waals surface area contributed by atoms with Crippen molar-refractivity contribution >= 4 is 40.0 Å². The lowest BCUT2D eigenvalue weighted by atomic mass is 10.2. The third-order valence-corrected chi connectivity index (χ3v) is 5.93. The van der Waals surface area contributed by atoms with Crippen LogP contribution in [0.5, 0.6) is 0 Å². The highest BCUT2D eigenvalue weighted by Crippen LogP contribution is 2.23. The number of amides is 1. The zero-order valence-electron chi connectivity index (χ0n) is 17.3. The number of rotatable bonds is 8. The lowest BCUT2D eigenvalue weighted by Gasteiger charge is -2.11. The van der Waals surface area contributed by atoms with Crippen LogP contribution in [0.3, 0.4) is 0 Å². The Balaban J connectivity index is 1.64. The largest absolute Gasteiger partial charge is 0.323 e. The predicted octanol–water partition coefficient (Wildman–Crippen LogP) is 4.24. The van der Waals surface area contributed by atoms with E-state index in [1.165, 1.54) is 0 Å². The smallest absolute Gasteiger partial charge is 0.262 e. The molecule has 166 valence electrons. The average Bonchev–Trinajstić information content (AvgIpc) is 3.21. The summed E-state index contributed by atoms with van der Waals surface area (Å²) in [6.07, 6.45) is 2.84. The van der Waals surface area contributed by atoms with Gasteiger partial charge in [-0.05, 0) is 30.7 Å². The van der Waals surface area contributed by atoms with Gasteiger partial charge in [0.1, 0.15) is 11.6 Å². The van der Waals surface area contributed by atoms with Crippen molar-refractivity contribution in [3.8, 4) is 0 Å². The molecule has 0 saturated carbocycles. The SMILES string of the molecule is CCCCCn1c(=O)c2ccccc2n2c(SCC(=O)Nc3cc(F)ccc3F)nnc12. The summed E-state index contributed by atoms with van der Waals surface area (Å²) >= 11 is 1.10. The molecule has 1 amide bonds. The van der Waals surface area contributed by atoms with Gasteiger partial charge in [-0.3, -0.25) is 18.6 Å². The van der Waals surface area contributed by atoms with E-state index in [0.717, 1.165) is 49.2 Å². The van der Waals surface area contributed by atoms with Gasteiger partial charge in [-0.2, -0.15) is 0 Å². The number of benzene rings is 2. The molecule has 0 saturated heterocycles. The van der Waals surface area contributed by atoms with E-state index in [1.807, 2.05) is 6.07 Å². The highest BCUT2D eigenvalue weighted by molar-refractivity contribution is 7.99. The standard InChI is InChI=1S/C22H21F2N5O2S/c1-2-3-6-11-28-20(31)15-7-4-5-8-18(15)29-21(28)26-27-22(29)32-13-19(30)25-17-12-14(23)9-10-16(17)24/h4-5,7-10,12H,2-3,6,11,13H2,1H3,(H,25,30). The maximum atomic E-state index is 13.8. The van der Waals surface area contributed by atoms with Gasteiger partial charge in [-0.25, -0.2) is 8.78 Å². The minimum atomic E-state index is -0.722. The van der Waals surface area contributed by atoms with Gasteiger partial charge in [-0.1, -0.05) is 43.7 Å². The zero-order chi connectivity index (χ0) is 22.7. The highest BCUT2D eigenvalue weighted by Gasteiger charge is 2.18. The van der Waals surface area contributed by atoms with Crippen LogP contribution in [-0.4, -0.2) is 30.8 Å². The number of nitrogens with one attached hydrogen (secondary N) is 1. The summed E-state index contributed by atoms with van der Waals surface area (Å²) in [5, 5.41) is 11.7. The lowest BCUT2D eigenvalue weighted by Crippen LogP contribution is -2.23. The van der Waals surface area contributed by atoms with Crippen molar-refractivity contribution in [2.24, 2.45) is 0 Å². The summed E-state index contributed by atoms with van der Waals surface area (Å²) in [7, 11) is 0. The van der Waals surface area contributed by atoms with Crippen molar-refractivity contribution in [2.75, 3.05) is 11.1 Å². The van der Waals surface area contributed by atoms with Gasteiger partial charge >= 0.3 is 0 Å².